The Kier molecular flexibility index (Phi) is 4.73. The SMILES string of the molecule is N#Cc1ccc(N2CCCC2CCCO)cc1C(F)(F)F. The van der Waals surface area contributed by atoms with Crippen LogP contribution in [0.1, 0.15) is 36.8 Å². The summed E-state index contributed by atoms with van der Waals surface area (Å²) >= 11 is 0. The van der Waals surface area contributed by atoms with E-state index in [2.05, 4.69) is 0 Å². The van der Waals surface area contributed by atoms with Crippen LogP contribution in [0.2, 0.25) is 0 Å². The van der Waals surface area contributed by atoms with Gasteiger partial charge in [-0.1, -0.05) is 0 Å². The zero-order chi connectivity index (χ0) is 15.5. The molecule has 1 unspecified atom stereocenters. The summed E-state index contributed by atoms with van der Waals surface area (Å²) < 4.78 is 39.0. The van der Waals surface area contributed by atoms with Gasteiger partial charge in [0, 0.05) is 24.9 Å². The minimum Gasteiger partial charge on any atom is -0.396 e. The number of nitrogens with zero attached hydrogens (tertiary/aromatic N) is 2. The van der Waals surface area contributed by atoms with Crippen molar-refractivity contribution in [2.75, 3.05) is 18.1 Å². The molecule has 3 nitrogen and oxygen atoms in total. The maximum absolute atomic E-state index is 13.0. The lowest BCUT2D eigenvalue weighted by Crippen LogP contribution is -2.29. The number of anilines is 1. The topological polar surface area (TPSA) is 47.3 Å². The Morgan fingerprint density at radius 3 is 2.76 bits per heavy atom. The molecule has 1 atom stereocenters. The zero-order valence-electron chi connectivity index (χ0n) is 11.5. The highest BCUT2D eigenvalue weighted by Gasteiger charge is 2.35. The molecule has 2 rings (SSSR count). The van der Waals surface area contributed by atoms with E-state index < -0.39 is 11.7 Å². The normalized spacial score (nSPS) is 18.8. The first kappa shape index (κ1) is 15.6. The first-order valence-corrected chi connectivity index (χ1v) is 6.96. The van der Waals surface area contributed by atoms with E-state index in [0.29, 0.717) is 18.7 Å². The Morgan fingerprint density at radius 1 is 1.38 bits per heavy atom. The number of benzene rings is 1. The van der Waals surface area contributed by atoms with Crippen LogP contribution < -0.4 is 4.90 Å². The molecule has 1 saturated heterocycles. The lowest BCUT2D eigenvalue weighted by Gasteiger charge is -2.27. The molecule has 1 aromatic rings. The Morgan fingerprint density at radius 2 is 2.14 bits per heavy atom. The summed E-state index contributed by atoms with van der Waals surface area (Å²) in [6.07, 6.45) is -1.28. The molecule has 6 heteroatoms. The largest absolute Gasteiger partial charge is 0.417 e. The lowest BCUT2D eigenvalue weighted by atomic mass is 10.0. The van der Waals surface area contributed by atoms with Gasteiger partial charge in [0.15, 0.2) is 0 Å². The molecule has 1 aliphatic heterocycles. The summed E-state index contributed by atoms with van der Waals surface area (Å²) in [4.78, 5) is 1.95. The molecule has 0 radical (unpaired) electrons. The van der Waals surface area contributed by atoms with Gasteiger partial charge in [-0.3, -0.25) is 0 Å². The van der Waals surface area contributed by atoms with Crippen molar-refractivity contribution in [1.29, 1.82) is 5.26 Å². The molecular formula is C15H17F3N2O. The second-order valence-electron chi connectivity index (χ2n) is 5.19. The molecule has 1 aromatic carbocycles. The van der Waals surface area contributed by atoms with Gasteiger partial charge in [0.25, 0.3) is 0 Å². The van der Waals surface area contributed by atoms with Crippen molar-refractivity contribution in [2.45, 2.75) is 37.9 Å². The van der Waals surface area contributed by atoms with Gasteiger partial charge in [-0.25, -0.2) is 0 Å². The summed E-state index contributed by atoms with van der Waals surface area (Å²) in [5.41, 5.74) is -0.727. The van der Waals surface area contributed by atoms with Gasteiger partial charge in [-0.2, -0.15) is 18.4 Å². The van der Waals surface area contributed by atoms with Crippen molar-refractivity contribution in [2.24, 2.45) is 0 Å². The third kappa shape index (κ3) is 3.48. The molecule has 0 amide bonds. The number of halogens is 3. The van der Waals surface area contributed by atoms with Gasteiger partial charge in [0.05, 0.1) is 17.2 Å². The van der Waals surface area contributed by atoms with Crippen molar-refractivity contribution in [1.82, 2.24) is 0 Å². The van der Waals surface area contributed by atoms with Crippen LogP contribution in [-0.2, 0) is 6.18 Å². The molecule has 1 fully saturated rings. The van der Waals surface area contributed by atoms with Crippen LogP contribution in [0.15, 0.2) is 18.2 Å². The summed E-state index contributed by atoms with van der Waals surface area (Å²) in [5.74, 6) is 0. The third-order valence-corrected chi connectivity index (χ3v) is 3.83. The van der Waals surface area contributed by atoms with Crippen molar-refractivity contribution >= 4 is 5.69 Å². The third-order valence-electron chi connectivity index (χ3n) is 3.83. The average molecular weight is 298 g/mol. The van der Waals surface area contributed by atoms with Gasteiger partial charge in [-0.15, -0.1) is 0 Å². The van der Waals surface area contributed by atoms with Crippen molar-refractivity contribution in [3.63, 3.8) is 0 Å². The van der Waals surface area contributed by atoms with E-state index >= 15 is 0 Å². The quantitative estimate of drug-likeness (QED) is 0.927. The highest BCUT2D eigenvalue weighted by atomic mass is 19.4. The first-order chi connectivity index (χ1) is 9.97. The Balaban J connectivity index is 2.30. The highest BCUT2D eigenvalue weighted by Crippen LogP contribution is 2.36. The van der Waals surface area contributed by atoms with Gasteiger partial charge >= 0.3 is 6.18 Å². The molecule has 1 N–H and O–H groups in total. The fourth-order valence-electron chi connectivity index (χ4n) is 2.85. The molecular weight excluding hydrogens is 281 g/mol. The van der Waals surface area contributed by atoms with E-state index in [1.165, 1.54) is 6.07 Å². The van der Waals surface area contributed by atoms with E-state index in [9.17, 15) is 13.2 Å². The maximum atomic E-state index is 13.0. The fraction of sp³-hybridized carbons (Fsp3) is 0.533. The number of alkyl halides is 3. The van der Waals surface area contributed by atoms with Crippen LogP contribution in [-0.4, -0.2) is 24.3 Å². The Hall–Kier alpha value is -1.74. The van der Waals surface area contributed by atoms with Crippen molar-refractivity contribution in [3.05, 3.63) is 29.3 Å². The van der Waals surface area contributed by atoms with E-state index in [1.807, 2.05) is 4.90 Å². The average Bonchev–Trinajstić information content (AvgIpc) is 2.91. The summed E-state index contributed by atoms with van der Waals surface area (Å²) in [7, 11) is 0. The molecule has 0 spiro atoms. The number of aliphatic hydroxyl groups is 1. The molecule has 0 bridgehead atoms. The van der Waals surface area contributed by atoms with E-state index in [-0.39, 0.29) is 18.2 Å². The molecule has 114 valence electrons. The summed E-state index contributed by atoms with van der Waals surface area (Å²) in [6, 6.07) is 5.63. The molecule has 0 aromatic heterocycles. The van der Waals surface area contributed by atoms with Crippen molar-refractivity contribution in [3.8, 4) is 6.07 Å². The number of hydrogen-bond donors (Lipinski definition) is 1. The predicted octanol–water partition coefficient (Wildman–Crippen LogP) is 3.32. The Labute approximate surface area is 121 Å². The standard InChI is InChI=1S/C15H17F3N2O/c16-15(17,18)14-9-13(6-5-11(14)10-19)20-7-1-3-12(20)4-2-8-21/h5-6,9,12,21H,1-4,7-8H2. The van der Waals surface area contributed by atoms with Gasteiger partial charge < -0.3 is 10.0 Å². The van der Waals surface area contributed by atoms with Gasteiger partial charge in [-0.05, 0) is 43.9 Å². The van der Waals surface area contributed by atoms with Crippen LogP contribution in [0.3, 0.4) is 0 Å². The molecule has 0 aliphatic carbocycles. The number of rotatable bonds is 4. The molecule has 21 heavy (non-hydrogen) atoms. The second kappa shape index (κ2) is 6.35. The number of hydrogen-bond acceptors (Lipinski definition) is 3. The highest BCUT2D eigenvalue weighted by molar-refractivity contribution is 5.56. The fourth-order valence-corrected chi connectivity index (χ4v) is 2.85. The monoisotopic (exact) mass is 298 g/mol. The minimum absolute atomic E-state index is 0.0888. The van der Waals surface area contributed by atoms with Crippen LogP contribution in [0.25, 0.3) is 0 Å². The second-order valence-corrected chi connectivity index (χ2v) is 5.19. The predicted molar refractivity (Wildman–Crippen MR) is 72.8 cm³/mol. The number of nitriles is 1. The maximum Gasteiger partial charge on any atom is 0.417 e. The van der Waals surface area contributed by atoms with E-state index in [1.54, 1.807) is 12.1 Å². The van der Waals surface area contributed by atoms with Crippen molar-refractivity contribution < 1.29 is 18.3 Å². The van der Waals surface area contributed by atoms with Crippen LogP contribution in [0.4, 0.5) is 18.9 Å². The zero-order valence-corrected chi connectivity index (χ0v) is 11.5. The lowest BCUT2D eigenvalue weighted by molar-refractivity contribution is -0.137. The van der Waals surface area contributed by atoms with Crippen LogP contribution >= 0.6 is 0 Å². The minimum atomic E-state index is -4.53. The van der Waals surface area contributed by atoms with Crippen LogP contribution in [0.5, 0.6) is 0 Å². The smallest absolute Gasteiger partial charge is 0.396 e. The van der Waals surface area contributed by atoms with Gasteiger partial charge in [0.2, 0.25) is 0 Å². The summed E-state index contributed by atoms with van der Waals surface area (Å²) in [5, 5.41) is 17.7. The van der Waals surface area contributed by atoms with Crippen LogP contribution in [0, 0.1) is 11.3 Å². The molecule has 1 heterocycles. The summed E-state index contributed by atoms with van der Waals surface area (Å²) in [6.45, 7) is 0.796. The number of aliphatic hydroxyl groups excluding tert-OH is 1. The first-order valence-electron chi connectivity index (χ1n) is 6.96. The van der Waals surface area contributed by atoms with E-state index in [0.717, 1.165) is 25.3 Å². The Bertz CT molecular complexity index is 537. The van der Waals surface area contributed by atoms with Gasteiger partial charge in [0.1, 0.15) is 0 Å². The van der Waals surface area contributed by atoms with E-state index in [4.69, 9.17) is 10.4 Å². The molecule has 1 aliphatic rings. The molecule has 0 saturated carbocycles.